The molecule has 0 unspecified atom stereocenters. The number of aromatic nitrogens is 3. The molecule has 3 heterocycles. The van der Waals surface area contributed by atoms with Crippen molar-refractivity contribution in [2.24, 2.45) is 0 Å². The minimum absolute atomic E-state index is 0.385. The maximum absolute atomic E-state index is 6.02. The Hall–Kier alpha value is -0.930. The average molecular weight is 228 g/mol. The van der Waals surface area contributed by atoms with Gasteiger partial charge in [-0.1, -0.05) is 23.2 Å². The van der Waals surface area contributed by atoms with Gasteiger partial charge in [0.05, 0.1) is 5.69 Å². The zero-order valence-corrected chi connectivity index (χ0v) is 8.76. The third-order valence-corrected chi connectivity index (χ3v) is 3.23. The van der Waals surface area contributed by atoms with Crippen LogP contribution in [0.4, 0.5) is 0 Å². The van der Waals surface area contributed by atoms with Crippen molar-refractivity contribution in [1.82, 2.24) is 14.1 Å². The summed E-state index contributed by atoms with van der Waals surface area (Å²) in [7, 11) is 0. The van der Waals surface area contributed by atoms with Gasteiger partial charge in [0.2, 0.25) is 0 Å². The van der Waals surface area contributed by atoms with Gasteiger partial charge in [-0.2, -0.15) is 0 Å². The van der Waals surface area contributed by atoms with E-state index in [4.69, 9.17) is 23.2 Å². The van der Waals surface area contributed by atoms with Gasteiger partial charge >= 0.3 is 0 Å². The lowest BCUT2D eigenvalue weighted by molar-refractivity contribution is 0.557. The van der Waals surface area contributed by atoms with Gasteiger partial charge in [-0.05, 0) is 12.1 Å². The van der Waals surface area contributed by atoms with Crippen molar-refractivity contribution in [3.05, 3.63) is 28.6 Å². The largest absolute Gasteiger partial charge is 0.343 e. The van der Waals surface area contributed by atoms with Gasteiger partial charge in [0, 0.05) is 19.3 Å². The van der Waals surface area contributed by atoms with E-state index in [2.05, 4.69) is 9.55 Å². The van der Waals surface area contributed by atoms with Crippen LogP contribution in [0, 0.1) is 0 Å². The van der Waals surface area contributed by atoms with Crippen LogP contribution in [0.2, 0.25) is 10.3 Å². The molecule has 0 aromatic carbocycles. The molecule has 0 saturated heterocycles. The molecule has 0 atom stereocenters. The first-order valence-corrected chi connectivity index (χ1v) is 5.10. The molecular weight excluding hydrogens is 221 g/mol. The number of aryl methyl sites for hydroxylation is 1. The van der Waals surface area contributed by atoms with E-state index in [1.807, 2.05) is 22.9 Å². The fraction of sp³-hybridized carbons (Fsp3) is 0.222. The van der Waals surface area contributed by atoms with Gasteiger partial charge in [-0.25, -0.2) is 4.98 Å². The molecule has 3 rings (SSSR count). The van der Waals surface area contributed by atoms with Crippen LogP contribution in [-0.2, 0) is 13.1 Å². The summed E-state index contributed by atoms with van der Waals surface area (Å²) in [6.07, 6.45) is 2.04. The molecule has 0 radical (unpaired) electrons. The van der Waals surface area contributed by atoms with Crippen molar-refractivity contribution < 1.29 is 0 Å². The molecule has 0 fully saturated rings. The van der Waals surface area contributed by atoms with Crippen molar-refractivity contribution in [3.8, 4) is 11.5 Å². The predicted octanol–water partition coefficient (Wildman–Crippen LogP) is 2.67. The Morgan fingerprint density at radius 2 is 2.14 bits per heavy atom. The van der Waals surface area contributed by atoms with E-state index in [0.29, 0.717) is 10.3 Å². The number of halogens is 2. The topological polar surface area (TPSA) is 22.8 Å². The molecular formula is C9H7Cl2N3. The fourth-order valence-corrected chi connectivity index (χ4v) is 2.21. The normalized spacial score (nSPS) is 13.9. The van der Waals surface area contributed by atoms with E-state index in [1.165, 1.54) is 0 Å². The fourth-order valence-electron chi connectivity index (χ4n) is 1.82. The standard InChI is InChI=1S/C9H7Cl2N3/c10-7-8(11)14-5-4-13-3-1-2-6(13)9(14)12-7/h1-3H,4-5H2. The molecule has 1 aliphatic heterocycles. The number of rotatable bonds is 0. The predicted molar refractivity (Wildman–Crippen MR) is 55.7 cm³/mol. The number of nitrogens with zero attached hydrogens (tertiary/aromatic N) is 3. The van der Waals surface area contributed by atoms with Crippen LogP contribution >= 0.6 is 23.2 Å². The van der Waals surface area contributed by atoms with Gasteiger partial charge in [-0.3, -0.25) is 0 Å². The third kappa shape index (κ3) is 0.967. The van der Waals surface area contributed by atoms with Gasteiger partial charge < -0.3 is 9.13 Å². The first-order valence-electron chi connectivity index (χ1n) is 4.34. The van der Waals surface area contributed by atoms with E-state index in [1.54, 1.807) is 0 Å². The first kappa shape index (κ1) is 8.38. The highest BCUT2D eigenvalue weighted by molar-refractivity contribution is 6.40. The summed E-state index contributed by atoms with van der Waals surface area (Å²) in [6, 6.07) is 4.02. The van der Waals surface area contributed by atoms with Crippen LogP contribution in [-0.4, -0.2) is 14.1 Å². The van der Waals surface area contributed by atoms with E-state index >= 15 is 0 Å². The molecule has 0 bridgehead atoms. The van der Waals surface area contributed by atoms with Gasteiger partial charge in [0.25, 0.3) is 0 Å². The molecule has 0 aliphatic carbocycles. The molecule has 0 spiro atoms. The molecule has 3 nitrogen and oxygen atoms in total. The second-order valence-electron chi connectivity index (χ2n) is 3.26. The second-order valence-corrected chi connectivity index (χ2v) is 3.97. The Balaban J connectivity index is 2.31. The van der Waals surface area contributed by atoms with E-state index in [-0.39, 0.29) is 0 Å². The Labute approximate surface area is 90.9 Å². The van der Waals surface area contributed by atoms with Crippen molar-refractivity contribution >= 4 is 23.2 Å². The van der Waals surface area contributed by atoms with Crippen LogP contribution in [0.1, 0.15) is 0 Å². The van der Waals surface area contributed by atoms with E-state index in [9.17, 15) is 0 Å². The third-order valence-electron chi connectivity index (χ3n) is 2.49. The lowest BCUT2D eigenvalue weighted by atomic mass is 10.3. The zero-order chi connectivity index (χ0) is 9.71. The van der Waals surface area contributed by atoms with Crippen LogP contribution in [0.5, 0.6) is 0 Å². The lowest BCUT2D eigenvalue weighted by Crippen LogP contribution is -2.15. The molecule has 14 heavy (non-hydrogen) atoms. The van der Waals surface area contributed by atoms with Gasteiger partial charge in [0.15, 0.2) is 11.0 Å². The summed E-state index contributed by atoms with van der Waals surface area (Å²) in [5.74, 6) is 0.858. The summed E-state index contributed by atoms with van der Waals surface area (Å²) in [6.45, 7) is 1.75. The molecule has 5 heteroatoms. The maximum atomic E-state index is 6.02. The van der Waals surface area contributed by atoms with Crippen molar-refractivity contribution in [2.75, 3.05) is 0 Å². The Morgan fingerprint density at radius 3 is 3.00 bits per heavy atom. The lowest BCUT2D eigenvalue weighted by Gasteiger charge is -2.17. The van der Waals surface area contributed by atoms with E-state index < -0.39 is 0 Å². The molecule has 0 saturated carbocycles. The van der Waals surface area contributed by atoms with Crippen LogP contribution < -0.4 is 0 Å². The smallest absolute Gasteiger partial charge is 0.167 e. The minimum Gasteiger partial charge on any atom is -0.343 e. The van der Waals surface area contributed by atoms with E-state index in [0.717, 1.165) is 24.6 Å². The minimum atomic E-state index is 0.385. The van der Waals surface area contributed by atoms with Gasteiger partial charge in [-0.15, -0.1) is 0 Å². The number of hydrogen-bond donors (Lipinski definition) is 0. The second kappa shape index (κ2) is 2.78. The van der Waals surface area contributed by atoms with Crippen molar-refractivity contribution in [3.63, 3.8) is 0 Å². The average Bonchev–Trinajstić information content (AvgIpc) is 2.73. The Kier molecular flexibility index (Phi) is 1.66. The Bertz CT molecular complexity index is 498. The van der Waals surface area contributed by atoms with Gasteiger partial charge in [0.1, 0.15) is 5.15 Å². The molecule has 0 amide bonds. The summed E-state index contributed by atoms with van der Waals surface area (Å²) < 4.78 is 4.09. The van der Waals surface area contributed by atoms with Crippen molar-refractivity contribution in [1.29, 1.82) is 0 Å². The molecule has 2 aromatic rings. The summed E-state index contributed by atoms with van der Waals surface area (Å²) in [4.78, 5) is 4.24. The summed E-state index contributed by atoms with van der Waals surface area (Å²) in [5.41, 5.74) is 1.07. The SMILES string of the molecule is Clc1nc2n(c1Cl)CCn1cccc1-2. The molecule has 72 valence electrons. The highest BCUT2D eigenvalue weighted by Gasteiger charge is 2.21. The number of fused-ring (bicyclic) bond motifs is 3. The summed E-state index contributed by atoms with van der Waals surface area (Å²) in [5, 5.41) is 0.922. The van der Waals surface area contributed by atoms with Crippen LogP contribution in [0.3, 0.4) is 0 Å². The maximum Gasteiger partial charge on any atom is 0.167 e. The molecule has 2 aromatic heterocycles. The van der Waals surface area contributed by atoms with Crippen LogP contribution in [0.25, 0.3) is 11.5 Å². The monoisotopic (exact) mass is 227 g/mol. The summed E-state index contributed by atoms with van der Waals surface area (Å²) >= 11 is 11.9. The zero-order valence-electron chi connectivity index (χ0n) is 7.24. The van der Waals surface area contributed by atoms with Crippen LogP contribution in [0.15, 0.2) is 18.3 Å². The molecule has 0 N–H and O–H groups in total. The highest BCUT2D eigenvalue weighted by Crippen LogP contribution is 2.31. The highest BCUT2D eigenvalue weighted by atomic mass is 35.5. The quantitative estimate of drug-likeness (QED) is 0.679. The number of hydrogen-bond acceptors (Lipinski definition) is 1. The molecule has 1 aliphatic rings. The Morgan fingerprint density at radius 1 is 1.29 bits per heavy atom. The first-order chi connectivity index (χ1) is 6.77. The van der Waals surface area contributed by atoms with Crippen molar-refractivity contribution in [2.45, 2.75) is 13.1 Å². The number of imidazole rings is 1.